The summed E-state index contributed by atoms with van der Waals surface area (Å²) in [5, 5.41) is 11.5. The molecule has 0 unspecified atom stereocenters. The molecule has 21 heavy (non-hydrogen) atoms. The van der Waals surface area contributed by atoms with Gasteiger partial charge in [0.2, 0.25) is 5.91 Å². The third-order valence-corrected chi connectivity index (χ3v) is 4.83. The molecular formula is C14H18BrNO4S. The number of thioether (sulfide) groups is 1. The van der Waals surface area contributed by atoms with E-state index in [1.807, 2.05) is 26.0 Å². The molecule has 0 aliphatic heterocycles. The molecule has 0 bridgehead atoms. The number of hydrogen-bond acceptors (Lipinski definition) is 5. The maximum Gasteiger partial charge on any atom is 0.330 e. The van der Waals surface area contributed by atoms with E-state index in [1.165, 1.54) is 18.9 Å². The maximum absolute atomic E-state index is 11.8. The number of amides is 1. The first kappa shape index (κ1) is 18.0. The molecule has 2 N–H and O–H groups in total. The largest absolute Gasteiger partial charge is 0.467 e. The summed E-state index contributed by atoms with van der Waals surface area (Å²) in [6.07, 6.45) is 0. The molecule has 0 spiro atoms. The summed E-state index contributed by atoms with van der Waals surface area (Å²) in [7, 11) is 1.21. The Labute approximate surface area is 136 Å². The van der Waals surface area contributed by atoms with Gasteiger partial charge in [0.1, 0.15) is 0 Å². The minimum atomic E-state index is -1.02. The van der Waals surface area contributed by atoms with Crippen molar-refractivity contribution >= 4 is 39.6 Å². The van der Waals surface area contributed by atoms with Gasteiger partial charge in [0.15, 0.2) is 6.04 Å². The Morgan fingerprint density at radius 2 is 2.05 bits per heavy atom. The second-order valence-corrected chi connectivity index (χ2v) is 6.35. The van der Waals surface area contributed by atoms with Crippen LogP contribution in [-0.4, -0.2) is 42.5 Å². The minimum absolute atomic E-state index is 0.162. The van der Waals surface area contributed by atoms with Gasteiger partial charge in [-0.15, -0.1) is 11.8 Å². The standard InChI is InChI=1S/C14H18BrNO4S/c1-8-5-12(9(2)4-10(8)15)21-7-13(18)16-11(6-17)14(19)20-3/h4-5,11,17H,6-7H2,1-3H3,(H,16,18)/t11-/m0/s1. The van der Waals surface area contributed by atoms with E-state index in [0.717, 1.165) is 20.5 Å². The van der Waals surface area contributed by atoms with Crippen LogP contribution < -0.4 is 5.32 Å². The molecule has 0 saturated carbocycles. The molecule has 0 aliphatic rings. The van der Waals surface area contributed by atoms with Crippen molar-refractivity contribution in [3.63, 3.8) is 0 Å². The van der Waals surface area contributed by atoms with Gasteiger partial charge in [0.05, 0.1) is 19.5 Å². The lowest BCUT2D eigenvalue weighted by Crippen LogP contribution is -2.44. The van der Waals surface area contributed by atoms with Crippen LogP contribution in [0.5, 0.6) is 0 Å². The van der Waals surface area contributed by atoms with Gasteiger partial charge < -0.3 is 15.2 Å². The van der Waals surface area contributed by atoms with E-state index in [0.29, 0.717) is 0 Å². The molecular weight excluding hydrogens is 358 g/mol. The number of halogens is 1. The monoisotopic (exact) mass is 375 g/mol. The Hall–Kier alpha value is -1.05. The minimum Gasteiger partial charge on any atom is -0.467 e. The van der Waals surface area contributed by atoms with Crippen LogP contribution in [0.25, 0.3) is 0 Å². The number of carbonyl (C=O) groups excluding carboxylic acids is 2. The summed E-state index contributed by atoms with van der Waals surface area (Å²) in [5.74, 6) is -0.828. The van der Waals surface area contributed by atoms with Crippen LogP contribution in [0.2, 0.25) is 0 Å². The third-order valence-electron chi connectivity index (χ3n) is 2.82. The lowest BCUT2D eigenvalue weighted by atomic mass is 10.2. The Balaban J connectivity index is 2.61. The number of hydrogen-bond donors (Lipinski definition) is 2. The summed E-state index contributed by atoms with van der Waals surface area (Å²) in [5.41, 5.74) is 2.16. The predicted molar refractivity (Wildman–Crippen MR) is 85.4 cm³/mol. The highest BCUT2D eigenvalue weighted by Gasteiger charge is 2.20. The second-order valence-electron chi connectivity index (χ2n) is 4.48. The van der Waals surface area contributed by atoms with Gasteiger partial charge in [0, 0.05) is 9.37 Å². The third kappa shape index (κ3) is 5.33. The van der Waals surface area contributed by atoms with Crippen LogP contribution >= 0.6 is 27.7 Å². The number of aliphatic hydroxyl groups is 1. The van der Waals surface area contributed by atoms with Crippen LogP contribution in [0.1, 0.15) is 11.1 Å². The highest BCUT2D eigenvalue weighted by atomic mass is 79.9. The Kier molecular flexibility index (Phi) is 7.21. The van der Waals surface area contributed by atoms with E-state index in [4.69, 9.17) is 5.11 Å². The first-order valence-electron chi connectivity index (χ1n) is 6.26. The summed E-state index contributed by atoms with van der Waals surface area (Å²) in [6, 6.07) is 2.98. The smallest absolute Gasteiger partial charge is 0.330 e. The molecule has 1 rings (SSSR count). The lowest BCUT2D eigenvalue weighted by Gasteiger charge is -2.14. The van der Waals surface area contributed by atoms with E-state index < -0.39 is 18.6 Å². The normalized spacial score (nSPS) is 11.9. The van der Waals surface area contributed by atoms with E-state index in [9.17, 15) is 9.59 Å². The zero-order chi connectivity index (χ0) is 16.0. The lowest BCUT2D eigenvalue weighted by molar-refractivity contribution is -0.145. The SMILES string of the molecule is COC(=O)[C@H](CO)NC(=O)CSc1cc(C)c(Br)cc1C. The van der Waals surface area contributed by atoms with Gasteiger partial charge in [0.25, 0.3) is 0 Å². The van der Waals surface area contributed by atoms with Gasteiger partial charge in [-0.1, -0.05) is 15.9 Å². The summed E-state index contributed by atoms with van der Waals surface area (Å²) in [4.78, 5) is 24.1. The quantitative estimate of drug-likeness (QED) is 0.585. The predicted octanol–water partition coefficient (Wildman–Crippen LogP) is 1.81. The zero-order valence-corrected chi connectivity index (χ0v) is 14.5. The first-order valence-corrected chi connectivity index (χ1v) is 8.04. The molecule has 1 aromatic rings. The van der Waals surface area contributed by atoms with E-state index in [2.05, 4.69) is 26.0 Å². The van der Waals surface area contributed by atoms with Crippen LogP contribution in [0.15, 0.2) is 21.5 Å². The van der Waals surface area contributed by atoms with E-state index in [1.54, 1.807) is 0 Å². The van der Waals surface area contributed by atoms with Crippen molar-refractivity contribution in [2.75, 3.05) is 19.5 Å². The van der Waals surface area contributed by atoms with Crippen LogP contribution in [-0.2, 0) is 14.3 Å². The van der Waals surface area contributed by atoms with E-state index in [-0.39, 0.29) is 11.7 Å². The average molecular weight is 376 g/mol. The van der Waals surface area contributed by atoms with Crippen LogP contribution in [0.4, 0.5) is 0 Å². The van der Waals surface area contributed by atoms with Crippen LogP contribution in [0.3, 0.4) is 0 Å². The number of aliphatic hydroxyl groups excluding tert-OH is 1. The van der Waals surface area contributed by atoms with Crippen molar-refractivity contribution in [3.05, 3.63) is 27.7 Å². The van der Waals surface area contributed by atoms with Gasteiger partial charge in [-0.25, -0.2) is 4.79 Å². The zero-order valence-electron chi connectivity index (χ0n) is 12.1. The van der Waals surface area contributed by atoms with Crippen molar-refractivity contribution in [1.82, 2.24) is 5.32 Å². The Bertz CT molecular complexity index is 536. The number of esters is 1. The summed E-state index contributed by atoms with van der Waals surface area (Å²) >= 11 is 4.84. The van der Waals surface area contributed by atoms with Gasteiger partial charge in [-0.05, 0) is 37.1 Å². The number of nitrogens with one attached hydrogen (secondary N) is 1. The molecule has 5 nitrogen and oxygen atoms in total. The summed E-state index contributed by atoms with van der Waals surface area (Å²) in [6.45, 7) is 3.46. The fraction of sp³-hybridized carbons (Fsp3) is 0.429. The van der Waals surface area contributed by atoms with Crippen molar-refractivity contribution in [2.24, 2.45) is 0 Å². The fourth-order valence-electron chi connectivity index (χ4n) is 1.61. The molecule has 1 amide bonds. The van der Waals surface area contributed by atoms with Crippen molar-refractivity contribution in [3.8, 4) is 0 Å². The van der Waals surface area contributed by atoms with Gasteiger partial charge in [-0.2, -0.15) is 0 Å². The van der Waals surface area contributed by atoms with Crippen molar-refractivity contribution < 1.29 is 19.4 Å². The number of methoxy groups -OCH3 is 1. The molecule has 0 aliphatic carbocycles. The molecule has 1 aromatic carbocycles. The van der Waals surface area contributed by atoms with E-state index >= 15 is 0 Å². The van der Waals surface area contributed by atoms with Gasteiger partial charge >= 0.3 is 5.97 Å². The molecule has 1 atom stereocenters. The fourth-order valence-corrected chi connectivity index (χ4v) is 2.99. The number of aryl methyl sites for hydroxylation is 2. The van der Waals surface area contributed by atoms with Crippen molar-refractivity contribution in [1.29, 1.82) is 0 Å². The topological polar surface area (TPSA) is 75.6 Å². The molecule has 7 heteroatoms. The molecule has 0 fully saturated rings. The number of carbonyl (C=O) groups is 2. The number of benzene rings is 1. The second kappa shape index (κ2) is 8.41. The Morgan fingerprint density at radius 1 is 1.38 bits per heavy atom. The summed E-state index contributed by atoms with van der Waals surface area (Å²) < 4.78 is 5.52. The Morgan fingerprint density at radius 3 is 2.62 bits per heavy atom. The highest BCUT2D eigenvalue weighted by Crippen LogP contribution is 2.28. The molecule has 0 saturated heterocycles. The molecule has 0 heterocycles. The molecule has 116 valence electrons. The van der Waals surface area contributed by atoms with Gasteiger partial charge in [-0.3, -0.25) is 4.79 Å². The first-order chi connectivity index (χ1) is 9.88. The molecule has 0 aromatic heterocycles. The number of rotatable bonds is 6. The molecule has 0 radical (unpaired) electrons. The maximum atomic E-state index is 11.8. The average Bonchev–Trinajstić information content (AvgIpc) is 2.46. The van der Waals surface area contributed by atoms with Crippen LogP contribution in [0, 0.1) is 13.8 Å². The van der Waals surface area contributed by atoms with Crippen molar-refractivity contribution in [2.45, 2.75) is 24.8 Å². The number of ether oxygens (including phenoxy) is 1. The highest BCUT2D eigenvalue weighted by molar-refractivity contribution is 9.10.